The lowest BCUT2D eigenvalue weighted by atomic mass is 9.97. The van der Waals surface area contributed by atoms with Crippen LogP contribution in [-0.4, -0.2) is 49.2 Å². The molecule has 1 aliphatic rings. The third-order valence-corrected chi connectivity index (χ3v) is 3.78. The van der Waals surface area contributed by atoms with E-state index < -0.39 is 17.9 Å². The third-order valence-electron chi connectivity index (χ3n) is 3.78. The summed E-state index contributed by atoms with van der Waals surface area (Å²) in [5.41, 5.74) is 0. The second-order valence-corrected chi connectivity index (χ2v) is 5.10. The molecule has 0 aromatic rings. The van der Waals surface area contributed by atoms with Crippen molar-refractivity contribution in [3.8, 4) is 0 Å². The predicted molar refractivity (Wildman–Crippen MR) is 76.3 cm³/mol. The first-order chi connectivity index (χ1) is 9.63. The van der Waals surface area contributed by atoms with Crippen molar-refractivity contribution in [3.05, 3.63) is 0 Å². The number of rotatable bonds is 8. The van der Waals surface area contributed by atoms with Crippen LogP contribution in [0.2, 0.25) is 0 Å². The minimum atomic E-state index is -0.791. The summed E-state index contributed by atoms with van der Waals surface area (Å²) in [6.45, 7) is 8.27. The number of esters is 2. The van der Waals surface area contributed by atoms with Gasteiger partial charge in [-0.3, -0.25) is 9.59 Å². The van der Waals surface area contributed by atoms with Crippen molar-refractivity contribution in [2.24, 2.45) is 5.92 Å². The van der Waals surface area contributed by atoms with Gasteiger partial charge >= 0.3 is 11.9 Å². The molecule has 0 N–H and O–H groups in total. The SMILES string of the molecule is CCOC(=O)C(CC(CC)N1CCCC1)C(=O)OCC. The van der Waals surface area contributed by atoms with Crippen molar-refractivity contribution in [2.45, 2.75) is 52.5 Å². The van der Waals surface area contributed by atoms with Gasteiger partial charge in [0.05, 0.1) is 13.2 Å². The predicted octanol–water partition coefficient (Wildman–Crippen LogP) is 1.99. The molecule has 1 unspecified atom stereocenters. The Morgan fingerprint density at radius 3 is 1.90 bits per heavy atom. The topological polar surface area (TPSA) is 55.8 Å². The van der Waals surface area contributed by atoms with Gasteiger partial charge in [-0.15, -0.1) is 0 Å². The Labute approximate surface area is 121 Å². The lowest BCUT2D eigenvalue weighted by Crippen LogP contribution is -2.38. The largest absolute Gasteiger partial charge is 0.465 e. The van der Waals surface area contributed by atoms with Crippen LogP contribution >= 0.6 is 0 Å². The Morgan fingerprint density at radius 2 is 1.50 bits per heavy atom. The molecule has 0 aliphatic carbocycles. The zero-order valence-electron chi connectivity index (χ0n) is 12.9. The summed E-state index contributed by atoms with van der Waals surface area (Å²) < 4.78 is 10.0. The Balaban J connectivity index is 2.70. The fraction of sp³-hybridized carbons (Fsp3) is 0.867. The minimum absolute atomic E-state index is 0.247. The lowest BCUT2D eigenvalue weighted by molar-refractivity contribution is -0.162. The van der Waals surface area contributed by atoms with Crippen LogP contribution in [0.1, 0.15) is 46.5 Å². The normalized spacial score (nSPS) is 17.2. The number of likely N-dealkylation sites (tertiary alicyclic amines) is 1. The maximum Gasteiger partial charge on any atom is 0.320 e. The molecule has 5 nitrogen and oxygen atoms in total. The summed E-state index contributed by atoms with van der Waals surface area (Å²) in [6.07, 6.45) is 3.81. The summed E-state index contributed by atoms with van der Waals surface area (Å²) in [5, 5.41) is 0. The molecule has 0 amide bonds. The molecule has 0 saturated carbocycles. The zero-order chi connectivity index (χ0) is 15.0. The van der Waals surface area contributed by atoms with Crippen molar-refractivity contribution in [1.82, 2.24) is 4.90 Å². The zero-order valence-corrected chi connectivity index (χ0v) is 12.9. The highest BCUT2D eigenvalue weighted by molar-refractivity contribution is 5.94. The molecule has 1 saturated heterocycles. The van der Waals surface area contributed by atoms with Crippen LogP contribution in [-0.2, 0) is 19.1 Å². The first kappa shape index (κ1) is 17.0. The number of carbonyl (C=O) groups excluding carboxylic acids is 2. The van der Waals surface area contributed by atoms with E-state index in [-0.39, 0.29) is 19.3 Å². The molecule has 0 radical (unpaired) electrons. The number of hydrogen-bond donors (Lipinski definition) is 0. The van der Waals surface area contributed by atoms with Gasteiger partial charge in [-0.2, -0.15) is 0 Å². The van der Waals surface area contributed by atoms with Crippen LogP contribution in [0.3, 0.4) is 0 Å². The molecule has 0 spiro atoms. The minimum Gasteiger partial charge on any atom is -0.465 e. The maximum atomic E-state index is 12.0. The third kappa shape index (κ3) is 4.78. The fourth-order valence-corrected chi connectivity index (χ4v) is 2.73. The Morgan fingerprint density at radius 1 is 1.00 bits per heavy atom. The van der Waals surface area contributed by atoms with Crippen LogP contribution in [0.5, 0.6) is 0 Å². The van der Waals surface area contributed by atoms with Crippen molar-refractivity contribution < 1.29 is 19.1 Å². The monoisotopic (exact) mass is 285 g/mol. The van der Waals surface area contributed by atoms with Crippen molar-refractivity contribution >= 4 is 11.9 Å². The van der Waals surface area contributed by atoms with Gasteiger partial charge in [0.15, 0.2) is 5.92 Å². The van der Waals surface area contributed by atoms with Gasteiger partial charge in [-0.1, -0.05) is 6.92 Å². The van der Waals surface area contributed by atoms with E-state index in [9.17, 15) is 9.59 Å². The molecular formula is C15H27NO4. The molecule has 1 rings (SSSR count). The van der Waals surface area contributed by atoms with Gasteiger partial charge in [0.2, 0.25) is 0 Å². The molecule has 1 atom stereocenters. The van der Waals surface area contributed by atoms with Crippen molar-refractivity contribution in [3.63, 3.8) is 0 Å². The molecule has 5 heteroatoms. The molecule has 0 aromatic heterocycles. The van der Waals surface area contributed by atoms with Gasteiger partial charge in [0.25, 0.3) is 0 Å². The second-order valence-electron chi connectivity index (χ2n) is 5.10. The molecule has 116 valence electrons. The average Bonchev–Trinajstić information content (AvgIpc) is 2.94. The van der Waals surface area contributed by atoms with Crippen LogP contribution in [0.25, 0.3) is 0 Å². The Kier molecular flexibility index (Phi) is 7.59. The summed E-state index contributed by atoms with van der Waals surface area (Å²) in [7, 11) is 0. The molecule has 0 aromatic carbocycles. The number of nitrogens with zero attached hydrogens (tertiary/aromatic N) is 1. The van der Waals surface area contributed by atoms with Crippen LogP contribution in [0.4, 0.5) is 0 Å². The van der Waals surface area contributed by atoms with E-state index in [2.05, 4.69) is 11.8 Å². The van der Waals surface area contributed by atoms with Crippen LogP contribution in [0.15, 0.2) is 0 Å². The maximum absolute atomic E-state index is 12.0. The molecule has 1 aliphatic heterocycles. The van der Waals surface area contributed by atoms with E-state index in [1.807, 2.05) is 0 Å². The fourth-order valence-electron chi connectivity index (χ4n) is 2.73. The van der Waals surface area contributed by atoms with Crippen molar-refractivity contribution in [1.29, 1.82) is 0 Å². The van der Waals surface area contributed by atoms with Gasteiger partial charge in [0.1, 0.15) is 0 Å². The highest BCUT2D eigenvalue weighted by atomic mass is 16.6. The van der Waals surface area contributed by atoms with Gasteiger partial charge in [-0.05, 0) is 52.6 Å². The second kappa shape index (κ2) is 8.95. The highest BCUT2D eigenvalue weighted by Gasteiger charge is 2.34. The number of ether oxygens (including phenoxy) is 2. The van der Waals surface area contributed by atoms with E-state index in [0.29, 0.717) is 6.42 Å². The van der Waals surface area contributed by atoms with Gasteiger partial charge in [0, 0.05) is 6.04 Å². The first-order valence-corrected chi connectivity index (χ1v) is 7.71. The molecule has 1 heterocycles. The smallest absolute Gasteiger partial charge is 0.320 e. The standard InChI is InChI=1S/C15H27NO4/c1-4-12(16-9-7-8-10-16)11-13(14(17)19-5-2)15(18)20-6-3/h12-13H,4-11H2,1-3H3. The van der Waals surface area contributed by atoms with E-state index in [1.54, 1.807) is 13.8 Å². The van der Waals surface area contributed by atoms with E-state index in [1.165, 1.54) is 12.8 Å². The molecule has 20 heavy (non-hydrogen) atoms. The molecule has 0 bridgehead atoms. The van der Waals surface area contributed by atoms with Crippen molar-refractivity contribution in [2.75, 3.05) is 26.3 Å². The summed E-state index contributed by atoms with van der Waals surface area (Å²) in [6, 6.07) is 0.247. The quantitative estimate of drug-likeness (QED) is 0.504. The van der Waals surface area contributed by atoms with E-state index in [0.717, 1.165) is 19.5 Å². The first-order valence-electron chi connectivity index (χ1n) is 7.71. The van der Waals surface area contributed by atoms with E-state index >= 15 is 0 Å². The highest BCUT2D eigenvalue weighted by Crippen LogP contribution is 2.22. The number of hydrogen-bond acceptors (Lipinski definition) is 5. The Hall–Kier alpha value is -1.10. The van der Waals surface area contributed by atoms with Crippen LogP contribution in [0, 0.1) is 5.92 Å². The van der Waals surface area contributed by atoms with Gasteiger partial charge < -0.3 is 14.4 Å². The molecular weight excluding hydrogens is 258 g/mol. The summed E-state index contributed by atoms with van der Waals surface area (Å²) >= 11 is 0. The molecule has 1 fully saturated rings. The average molecular weight is 285 g/mol. The number of carbonyl (C=O) groups is 2. The summed E-state index contributed by atoms with van der Waals surface area (Å²) in [4.78, 5) is 26.3. The van der Waals surface area contributed by atoms with Crippen LogP contribution < -0.4 is 0 Å². The van der Waals surface area contributed by atoms with Gasteiger partial charge in [-0.25, -0.2) is 0 Å². The lowest BCUT2D eigenvalue weighted by Gasteiger charge is -2.28. The van der Waals surface area contributed by atoms with E-state index in [4.69, 9.17) is 9.47 Å². The Bertz CT molecular complexity index is 295. The summed E-state index contributed by atoms with van der Waals surface area (Å²) in [5.74, 6) is -1.70.